The Hall–Kier alpha value is -2.27. The van der Waals surface area contributed by atoms with Crippen molar-refractivity contribution >= 4 is 5.91 Å². The number of methoxy groups -OCH3 is 1. The molecule has 0 aliphatic rings. The Balaban J connectivity index is 2.06. The van der Waals surface area contributed by atoms with Crippen molar-refractivity contribution in [3.8, 4) is 5.75 Å². The zero-order valence-corrected chi connectivity index (χ0v) is 12.5. The monoisotopic (exact) mass is 288 g/mol. The zero-order valence-electron chi connectivity index (χ0n) is 12.5. The van der Waals surface area contributed by atoms with Crippen LogP contribution in [0.3, 0.4) is 0 Å². The van der Waals surface area contributed by atoms with Gasteiger partial charge in [0.15, 0.2) is 0 Å². The summed E-state index contributed by atoms with van der Waals surface area (Å²) < 4.78 is 10.6. The molecule has 2 rings (SSSR count). The van der Waals surface area contributed by atoms with Gasteiger partial charge in [-0.1, -0.05) is 12.1 Å². The lowest BCUT2D eigenvalue weighted by molar-refractivity contribution is 0.0936. The van der Waals surface area contributed by atoms with Crippen LogP contribution >= 0.6 is 0 Å². The molecule has 1 atom stereocenters. The van der Waals surface area contributed by atoms with Gasteiger partial charge in [0.05, 0.1) is 25.0 Å². The molecule has 0 radical (unpaired) electrons. The lowest BCUT2D eigenvalue weighted by atomic mass is 10.1. The van der Waals surface area contributed by atoms with Crippen molar-refractivity contribution in [3.63, 3.8) is 0 Å². The highest BCUT2D eigenvalue weighted by atomic mass is 16.5. The number of para-hydroxylation sites is 1. The molecule has 0 aliphatic heterocycles. The second-order valence-corrected chi connectivity index (χ2v) is 4.91. The maximum atomic E-state index is 12.3. The first kappa shape index (κ1) is 15.1. The maximum absolute atomic E-state index is 12.3. The van der Waals surface area contributed by atoms with Gasteiger partial charge in [-0.3, -0.25) is 9.69 Å². The minimum absolute atomic E-state index is 0.0151. The summed E-state index contributed by atoms with van der Waals surface area (Å²) in [7, 11) is 5.45. The number of ether oxygens (including phenoxy) is 1. The smallest absolute Gasteiger partial charge is 0.255 e. The van der Waals surface area contributed by atoms with E-state index in [9.17, 15) is 4.79 Å². The Bertz CT molecular complexity index is 579. The number of hydrogen-bond donors (Lipinski definition) is 1. The summed E-state index contributed by atoms with van der Waals surface area (Å²) in [5.74, 6) is 1.22. The van der Waals surface area contributed by atoms with Gasteiger partial charge in [-0.2, -0.15) is 0 Å². The second-order valence-electron chi connectivity index (χ2n) is 4.91. The van der Waals surface area contributed by atoms with Crippen LogP contribution in [0.1, 0.15) is 22.2 Å². The van der Waals surface area contributed by atoms with Crippen LogP contribution in [0.4, 0.5) is 0 Å². The van der Waals surface area contributed by atoms with Gasteiger partial charge in [0.2, 0.25) is 0 Å². The normalized spacial score (nSPS) is 12.2. The van der Waals surface area contributed by atoms with Gasteiger partial charge in [-0.15, -0.1) is 0 Å². The number of rotatable bonds is 6. The molecular formula is C16H20N2O3. The number of furan rings is 1. The molecule has 1 heterocycles. The van der Waals surface area contributed by atoms with Gasteiger partial charge in [-0.25, -0.2) is 0 Å². The molecule has 0 bridgehead atoms. The fourth-order valence-electron chi connectivity index (χ4n) is 2.14. The van der Waals surface area contributed by atoms with Crippen molar-refractivity contribution in [3.05, 3.63) is 54.0 Å². The van der Waals surface area contributed by atoms with E-state index in [2.05, 4.69) is 5.32 Å². The summed E-state index contributed by atoms with van der Waals surface area (Å²) in [5.41, 5.74) is 0.525. The molecule has 0 unspecified atom stereocenters. The lowest BCUT2D eigenvalue weighted by Crippen LogP contribution is -2.34. The molecule has 0 spiro atoms. The summed E-state index contributed by atoms with van der Waals surface area (Å²) in [4.78, 5) is 14.3. The number of amides is 1. The quantitative estimate of drug-likeness (QED) is 0.886. The van der Waals surface area contributed by atoms with Crippen LogP contribution in [-0.2, 0) is 0 Å². The van der Waals surface area contributed by atoms with E-state index in [1.165, 1.54) is 0 Å². The summed E-state index contributed by atoms with van der Waals surface area (Å²) >= 11 is 0. The van der Waals surface area contributed by atoms with Crippen molar-refractivity contribution in [2.45, 2.75) is 6.04 Å². The van der Waals surface area contributed by atoms with Crippen LogP contribution in [0, 0.1) is 0 Å². The standard InChI is InChI=1S/C16H20N2O3/c1-18(2)13(15-9-6-10-21-15)11-17-16(19)12-7-4-5-8-14(12)20-3/h4-10,13H,11H2,1-3H3,(H,17,19)/t13-/m0/s1. The summed E-state index contributed by atoms with van der Waals surface area (Å²) in [5, 5.41) is 2.92. The minimum Gasteiger partial charge on any atom is -0.496 e. The van der Waals surface area contributed by atoms with E-state index in [4.69, 9.17) is 9.15 Å². The minimum atomic E-state index is -0.161. The van der Waals surface area contributed by atoms with E-state index < -0.39 is 0 Å². The lowest BCUT2D eigenvalue weighted by Gasteiger charge is -2.22. The largest absolute Gasteiger partial charge is 0.496 e. The van der Waals surface area contributed by atoms with Gasteiger partial charge in [-0.05, 0) is 38.4 Å². The van der Waals surface area contributed by atoms with Crippen LogP contribution < -0.4 is 10.1 Å². The molecule has 21 heavy (non-hydrogen) atoms. The highest BCUT2D eigenvalue weighted by Crippen LogP contribution is 2.19. The molecule has 5 heteroatoms. The van der Waals surface area contributed by atoms with Crippen LogP contribution in [0.5, 0.6) is 5.75 Å². The first-order valence-electron chi connectivity index (χ1n) is 6.74. The average Bonchev–Trinajstić information content (AvgIpc) is 3.01. The SMILES string of the molecule is COc1ccccc1C(=O)NC[C@@H](c1ccco1)N(C)C. The Morgan fingerprint density at radius 2 is 2.05 bits per heavy atom. The number of benzene rings is 1. The highest BCUT2D eigenvalue weighted by molar-refractivity contribution is 5.96. The zero-order chi connectivity index (χ0) is 15.2. The van der Waals surface area contributed by atoms with Gasteiger partial charge >= 0.3 is 0 Å². The van der Waals surface area contributed by atoms with E-state index in [1.807, 2.05) is 43.3 Å². The summed E-state index contributed by atoms with van der Waals surface area (Å²) in [6, 6.07) is 10.9. The second kappa shape index (κ2) is 6.95. The fraction of sp³-hybridized carbons (Fsp3) is 0.312. The topological polar surface area (TPSA) is 54.7 Å². The number of nitrogens with one attached hydrogen (secondary N) is 1. The molecule has 0 saturated carbocycles. The molecule has 1 aromatic heterocycles. The molecule has 2 aromatic rings. The third-order valence-corrected chi connectivity index (χ3v) is 3.30. The molecule has 5 nitrogen and oxygen atoms in total. The first-order valence-corrected chi connectivity index (χ1v) is 6.74. The van der Waals surface area contributed by atoms with E-state index in [0.717, 1.165) is 5.76 Å². The average molecular weight is 288 g/mol. The number of nitrogens with zero attached hydrogens (tertiary/aromatic N) is 1. The summed E-state index contributed by atoms with van der Waals surface area (Å²) in [6.07, 6.45) is 1.63. The molecular weight excluding hydrogens is 268 g/mol. The third-order valence-electron chi connectivity index (χ3n) is 3.30. The van der Waals surface area contributed by atoms with E-state index in [-0.39, 0.29) is 11.9 Å². The number of carbonyl (C=O) groups is 1. The predicted molar refractivity (Wildman–Crippen MR) is 80.5 cm³/mol. The van der Waals surface area contributed by atoms with Crippen molar-refractivity contribution in [2.24, 2.45) is 0 Å². The molecule has 1 aromatic carbocycles. The van der Waals surface area contributed by atoms with Crippen molar-refractivity contribution in [1.29, 1.82) is 0 Å². The van der Waals surface area contributed by atoms with E-state index in [1.54, 1.807) is 25.5 Å². The van der Waals surface area contributed by atoms with Crippen LogP contribution in [0.2, 0.25) is 0 Å². The molecule has 0 fully saturated rings. The molecule has 1 amide bonds. The number of carbonyl (C=O) groups excluding carboxylic acids is 1. The molecule has 1 N–H and O–H groups in total. The van der Waals surface area contributed by atoms with Crippen LogP contribution in [-0.4, -0.2) is 38.6 Å². The van der Waals surface area contributed by atoms with Crippen molar-refractivity contribution in [2.75, 3.05) is 27.7 Å². The van der Waals surface area contributed by atoms with Crippen LogP contribution in [0.15, 0.2) is 47.1 Å². The maximum Gasteiger partial charge on any atom is 0.255 e. The van der Waals surface area contributed by atoms with Crippen molar-refractivity contribution < 1.29 is 13.9 Å². The molecule has 0 saturated heterocycles. The Labute approximate surface area is 124 Å². The van der Waals surface area contributed by atoms with E-state index >= 15 is 0 Å². The predicted octanol–water partition coefficient (Wildman–Crippen LogP) is 2.32. The first-order chi connectivity index (χ1) is 10.1. The van der Waals surface area contributed by atoms with Gasteiger partial charge in [0, 0.05) is 6.54 Å². The number of likely N-dealkylation sites (N-methyl/N-ethyl adjacent to an activating group) is 1. The Kier molecular flexibility index (Phi) is 5.00. The number of hydrogen-bond acceptors (Lipinski definition) is 4. The summed E-state index contributed by atoms with van der Waals surface area (Å²) in [6.45, 7) is 0.456. The molecule has 0 aliphatic carbocycles. The fourth-order valence-corrected chi connectivity index (χ4v) is 2.14. The van der Waals surface area contributed by atoms with Gasteiger partial charge in [0.1, 0.15) is 11.5 Å². The van der Waals surface area contributed by atoms with Crippen LogP contribution in [0.25, 0.3) is 0 Å². The van der Waals surface area contributed by atoms with E-state index in [0.29, 0.717) is 17.9 Å². The van der Waals surface area contributed by atoms with Gasteiger partial charge < -0.3 is 14.5 Å². The van der Waals surface area contributed by atoms with Crippen molar-refractivity contribution in [1.82, 2.24) is 10.2 Å². The Morgan fingerprint density at radius 1 is 1.29 bits per heavy atom. The van der Waals surface area contributed by atoms with Gasteiger partial charge in [0.25, 0.3) is 5.91 Å². The molecule has 112 valence electrons. The highest BCUT2D eigenvalue weighted by Gasteiger charge is 2.19. The Morgan fingerprint density at radius 3 is 2.67 bits per heavy atom. The third kappa shape index (κ3) is 3.64.